The molecule has 2 saturated heterocycles. The van der Waals surface area contributed by atoms with Crippen molar-refractivity contribution in [2.45, 2.75) is 63.7 Å². The first-order valence-corrected chi connectivity index (χ1v) is 26.1. The molecule has 0 saturated carbocycles. The minimum absolute atomic E-state index is 0.0378. The number of sulfone groups is 1. The average molecular weight is 977 g/mol. The second-order valence-corrected chi connectivity index (χ2v) is 22.2. The van der Waals surface area contributed by atoms with Crippen LogP contribution in [0.15, 0.2) is 100 Å². The number of carbonyl (C=O) groups excluding carboxylic acids is 1. The minimum Gasteiger partial charge on any atom is -0.453 e. The Labute approximate surface area is 395 Å². The van der Waals surface area contributed by atoms with Crippen LogP contribution in [0.3, 0.4) is 0 Å². The van der Waals surface area contributed by atoms with Gasteiger partial charge in [-0.3, -0.25) is 19.8 Å². The molecule has 0 spiro atoms. The van der Waals surface area contributed by atoms with Gasteiger partial charge in [0.25, 0.3) is 5.69 Å². The summed E-state index contributed by atoms with van der Waals surface area (Å²) in [7, 11) is -9.25. The Bertz CT molecular complexity index is 2720. The number of nitrogens with zero attached hydrogens (tertiary/aromatic N) is 5. The molecule has 8 rings (SSSR count). The van der Waals surface area contributed by atoms with Crippen molar-refractivity contribution >= 4 is 64.0 Å². The predicted octanol–water partition coefficient (Wildman–Crippen LogP) is 8.02. The lowest BCUT2D eigenvalue weighted by atomic mass is 9.72. The highest BCUT2D eigenvalue weighted by atomic mass is 35.5. The lowest BCUT2D eigenvalue weighted by Gasteiger charge is -2.39. The minimum atomic E-state index is -4.86. The topological polar surface area (TPSA) is 201 Å². The maximum atomic E-state index is 14.2. The maximum Gasteiger partial charge on any atom is 0.472 e. The summed E-state index contributed by atoms with van der Waals surface area (Å²) in [5, 5.41) is 12.9. The second kappa shape index (κ2) is 20.4. The van der Waals surface area contributed by atoms with Gasteiger partial charge in [-0.25, -0.2) is 22.1 Å². The first-order valence-electron chi connectivity index (χ1n) is 22.5. The number of hydrogen-bond donors (Lipinski definition) is 2. The number of anilines is 1. The Morgan fingerprint density at radius 1 is 1.06 bits per heavy atom. The van der Waals surface area contributed by atoms with E-state index in [9.17, 15) is 37.7 Å². The van der Waals surface area contributed by atoms with Crippen molar-refractivity contribution in [3.05, 3.63) is 122 Å². The molecule has 19 heteroatoms. The number of halogens is 1. The molecule has 5 aliphatic rings. The van der Waals surface area contributed by atoms with Crippen molar-refractivity contribution in [1.29, 1.82) is 0 Å². The number of ketones is 1. The molecule has 67 heavy (non-hydrogen) atoms. The van der Waals surface area contributed by atoms with Gasteiger partial charge in [-0.2, -0.15) is 0 Å². The molecule has 3 aromatic rings. The maximum absolute atomic E-state index is 14.2. The summed E-state index contributed by atoms with van der Waals surface area (Å²) in [4.78, 5) is 53.3. The van der Waals surface area contributed by atoms with Crippen LogP contribution in [0.1, 0.15) is 73.9 Å². The number of aliphatic imine (C=N–C) groups is 1. The SMILES string of the molecule is CC1(C)CCC(CN2CCN(c3ccc(C(=O)CS(=O)(=O)c4ccc(CCC5CCOCC5)c([N+](=O)[O-])c4)c(OC4=CC5C=CN=C5[N+](COP(=O)(O)O)=C4)c3)CC2)=C(c2ccc(Cl)cc2)C1. The fourth-order valence-electron chi connectivity index (χ4n) is 9.42. The van der Waals surface area contributed by atoms with E-state index in [2.05, 4.69) is 40.8 Å². The third kappa shape index (κ3) is 12.3. The number of phosphoric ester groups is 1. The van der Waals surface area contributed by atoms with Crippen LogP contribution < -0.4 is 9.64 Å². The summed E-state index contributed by atoms with van der Waals surface area (Å²) in [5.41, 5.74) is 5.01. The Morgan fingerprint density at radius 3 is 2.52 bits per heavy atom. The number of allylic oxidation sites excluding steroid dienone is 2. The van der Waals surface area contributed by atoms with Crippen LogP contribution in [0, 0.1) is 27.4 Å². The lowest BCUT2D eigenvalue weighted by molar-refractivity contribution is -0.450. The van der Waals surface area contributed by atoms with E-state index in [-0.39, 0.29) is 33.1 Å². The number of nitro groups is 1. The number of nitro benzene ring substituents is 1. The third-order valence-electron chi connectivity index (χ3n) is 13.2. The van der Waals surface area contributed by atoms with E-state index in [1.807, 2.05) is 12.1 Å². The highest BCUT2D eigenvalue weighted by molar-refractivity contribution is 7.92. The third-order valence-corrected chi connectivity index (χ3v) is 15.5. The summed E-state index contributed by atoms with van der Waals surface area (Å²) in [6.45, 7) is 9.06. The highest BCUT2D eigenvalue weighted by Crippen LogP contribution is 2.44. The van der Waals surface area contributed by atoms with Crippen molar-refractivity contribution in [2.75, 3.05) is 63.3 Å². The molecule has 2 N–H and O–H groups in total. The van der Waals surface area contributed by atoms with Crippen LogP contribution in [0.4, 0.5) is 11.4 Å². The largest absolute Gasteiger partial charge is 0.472 e. The Hall–Kier alpha value is -4.84. The van der Waals surface area contributed by atoms with Crippen LogP contribution in [0.2, 0.25) is 5.02 Å². The normalized spacial score (nSPS) is 20.3. The van der Waals surface area contributed by atoms with E-state index in [0.717, 1.165) is 63.5 Å². The summed E-state index contributed by atoms with van der Waals surface area (Å²) in [6, 6.07) is 16.9. The predicted molar refractivity (Wildman–Crippen MR) is 256 cm³/mol. The number of fused-ring (bicyclic) bond motifs is 1. The monoisotopic (exact) mass is 976 g/mol. The number of hydrogen-bond acceptors (Lipinski definition) is 12. The van der Waals surface area contributed by atoms with E-state index < -0.39 is 46.8 Å². The molecule has 0 bridgehead atoms. The molecular weight excluding hydrogens is 921 g/mol. The zero-order valence-electron chi connectivity index (χ0n) is 37.6. The van der Waals surface area contributed by atoms with Gasteiger partial charge >= 0.3 is 13.7 Å². The first-order chi connectivity index (χ1) is 31.9. The van der Waals surface area contributed by atoms with Gasteiger partial charge in [-0.05, 0) is 110 Å². The summed E-state index contributed by atoms with van der Waals surface area (Å²) >= 11 is 6.25. The molecule has 4 heterocycles. The van der Waals surface area contributed by atoms with Crippen LogP contribution >= 0.6 is 19.4 Å². The van der Waals surface area contributed by atoms with Gasteiger partial charge in [-0.1, -0.05) is 54.2 Å². The smallest absolute Gasteiger partial charge is 0.453 e. The van der Waals surface area contributed by atoms with Gasteiger partial charge in [0.1, 0.15) is 29.8 Å². The summed E-state index contributed by atoms with van der Waals surface area (Å²) in [6.07, 6.45) is 12.4. The molecule has 2 fully saturated rings. The number of ether oxygens (including phenoxy) is 2. The van der Waals surface area contributed by atoms with Crippen molar-refractivity contribution in [3.63, 3.8) is 0 Å². The van der Waals surface area contributed by atoms with Crippen molar-refractivity contribution in [1.82, 2.24) is 4.90 Å². The van der Waals surface area contributed by atoms with Crippen LogP contribution in [0.5, 0.6) is 5.75 Å². The van der Waals surface area contributed by atoms with Gasteiger partial charge in [0, 0.05) is 74.3 Å². The van der Waals surface area contributed by atoms with E-state index in [1.165, 1.54) is 45.7 Å². The number of phosphoric acid groups is 1. The van der Waals surface area contributed by atoms with E-state index >= 15 is 0 Å². The molecule has 3 aromatic carbocycles. The Morgan fingerprint density at radius 2 is 1.81 bits per heavy atom. The van der Waals surface area contributed by atoms with Crippen molar-refractivity contribution in [2.24, 2.45) is 22.2 Å². The number of amidine groups is 1. The molecule has 16 nitrogen and oxygen atoms in total. The number of Topliss-reactive ketones (excluding diaryl/α,β-unsaturated/α-hetero) is 1. The molecule has 0 radical (unpaired) electrons. The molecule has 356 valence electrons. The summed E-state index contributed by atoms with van der Waals surface area (Å²) in [5.74, 6) is -1.19. The zero-order valence-corrected chi connectivity index (χ0v) is 40.1. The van der Waals surface area contributed by atoms with Gasteiger partial charge in [0.15, 0.2) is 21.4 Å². The fourth-order valence-corrected chi connectivity index (χ4v) is 11.0. The quantitative estimate of drug-likeness (QED) is 0.0434. The fraction of sp³-hybridized carbons (Fsp3) is 0.438. The van der Waals surface area contributed by atoms with Gasteiger partial charge in [0.05, 0.1) is 15.4 Å². The van der Waals surface area contributed by atoms with Crippen LogP contribution in [0.25, 0.3) is 5.57 Å². The van der Waals surface area contributed by atoms with E-state index in [0.29, 0.717) is 61.5 Å². The number of carbonyl (C=O) groups is 1. The number of aryl methyl sites for hydroxylation is 1. The molecule has 4 aliphatic heterocycles. The first kappa shape index (κ1) is 48.6. The van der Waals surface area contributed by atoms with Crippen molar-refractivity contribution in [3.8, 4) is 5.75 Å². The van der Waals surface area contributed by atoms with E-state index in [1.54, 1.807) is 30.5 Å². The van der Waals surface area contributed by atoms with Crippen LogP contribution in [-0.4, -0.2) is 109 Å². The Balaban J connectivity index is 1.04. The van der Waals surface area contributed by atoms with Gasteiger partial charge in [-0.15, -0.1) is 0 Å². The van der Waals surface area contributed by atoms with Gasteiger partial charge < -0.3 is 24.2 Å². The van der Waals surface area contributed by atoms with Gasteiger partial charge in [0.2, 0.25) is 6.73 Å². The molecular formula is C48H56ClN5O11PS+. The average Bonchev–Trinajstić information content (AvgIpc) is 3.77. The molecule has 0 aromatic heterocycles. The Kier molecular flexibility index (Phi) is 14.8. The highest BCUT2D eigenvalue weighted by Gasteiger charge is 2.35. The molecule has 0 amide bonds. The molecule has 1 aliphatic carbocycles. The molecule has 1 atom stereocenters. The number of rotatable bonds is 17. The van der Waals surface area contributed by atoms with E-state index in [4.69, 9.17) is 25.6 Å². The summed E-state index contributed by atoms with van der Waals surface area (Å²) < 4.78 is 57.5. The second-order valence-electron chi connectivity index (χ2n) is 18.6. The van der Waals surface area contributed by atoms with Crippen LogP contribution in [-0.2, 0) is 30.1 Å². The van der Waals surface area contributed by atoms with Crippen molar-refractivity contribution < 1.29 is 51.1 Å². The zero-order chi connectivity index (χ0) is 47.5. The number of benzene rings is 3. The number of piperazine rings is 1. The standard InChI is InChI=1S/C48H55ClN5O11PS/c1-48(2)17-13-37(43(28-48)34-5-8-38(49)9-6-34)29-51-19-21-52(22-20-51)39-10-12-42(46(26-39)65-40-25-36-14-18-50-47(36)53(30-40)32-64-66(58,59)60)45(55)31-67(61,62)41-11-7-35(44(27-41)54(56)57)4-3-33-15-23-63-24-16-33/h5-12,14,18,25-27,30,33,36H,3-4,13,15-17,19-24,28-29,31-32H2,1-2H3,(H-,58,59,60)/p+1. The lowest BCUT2D eigenvalue weighted by Crippen LogP contribution is -2.47. The molecule has 1 unspecified atom stereocenters.